The number of fused-ring (bicyclic) bond motifs is 1. The molecule has 18 heavy (non-hydrogen) atoms. The minimum Gasteiger partial charge on any atom is -0.307 e. The molecule has 3 rings (SSSR count). The molecule has 3 nitrogen and oxygen atoms in total. The third kappa shape index (κ3) is 1.78. The fourth-order valence-electron chi connectivity index (χ4n) is 2.09. The Bertz CT molecular complexity index is 565. The van der Waals surface area contributed by atoms with Crippen LogP contribution < -0.4 is 5.32 Å². The standard InChI is InChI=1S/C12H10F3N3/c13-12(14,15)9-3-1-2-4-11(9)18-7-8-5-16-6-10(8)17-18/h1-4,7,16H,5-6H2. The summed E-state index contributed by atoms with van der Waals surface area (Å²) in [5.74, 6) is 0. The molecule has 1 aromatic heterocycles. The van der Waals surface area contributed by atoms with Crippen molar-refractivity contribution < 1.29 is 13.2 Å². The molecule has 6 heteroatoms. The van der Waals surface area contributed by atoms with Crippen molar-refractivity contribution in [3.63, 3.8) is 0 Å². The normalized spacial score (nSPS) is 14.8. The highest BCUT2D eigenvalue weighted by Crippen LogP contribution is 2.33. The molecule has 2 aromatic rings. The van der Waals surface area contributed by atoms with Crippen molar-refractivity contribution in [3.8, 4) is 5.69 Å². The van der Waals surface area contributed by atoms with Crippen molar-refractivity contribution in [1.29, 1.82) is 0 Å². The van der Waals surface area contributed by atoms with Crippen LogP contribution in [0.1, 0.15) is 16.8 Å². The molecule has 0 spiro atoms. The molecule has 0 atom stereocenters. The molecule has 0 saturated heterocycles. The average molecular weight is 253 g/mol. The Balaban J connectivity index is 2.11. The summed E-state index contributed by atoms with van der Waals surface area (Å²) in [5, 5.41) is 7.28. The Kier molecular flexibility index (Phi) is 2.41. The van der Waals surface area contributed by atoms with Gasteiger partial charge >= 0.3 is 6.18 Å². The van der Waals surface area contributed by atoms with Crippen molar-refractivity contribution >= 4 is 0 Å². The molecule has 1 aliphatic heterocycles. The number of aromatic nitrogens is 2. The predicted octanol–water partition coefficient (Wildman–Crippen LogP) is 2.49. The zero-order valence-electron chi connectivity index (χ0n) is 9.33. The van der Waals surface area contributed by atoms with Crippen LogP contribution in [-0.2, 0) is 19.3 Å². The number of para-hydroxylation sites is 1. The summed E-state index contributed by atoms with van der Waals surface area (Å²) >= 11 is 0. The monoisotopic (exact) mass is 253 g/mol. The lowest BCUT2D eigenvalue weighted by Gasteiger charge is -2.12. The number of alkyl halides is 3. The van der Waals surface area contributed by atoms with E-state index in [1.54, 1.807) is 12.3 Å². The molecular weight excluding hydrogens is 243 g/mol. The number of hydrogen-bond acceptors (Lipinski definition) is 2. The van der Waals surface area contributed by atoms with Gasteiger partial charge in [0, 0.05) is 24.8 Å². The summed E-state index contributed by atoms with van der Waals surface area (Å²) < 4.78 is 40.0. The predicted molar refractivity (Wildman–Crippen MR) is 59.1 cm³/mol. The van der Waals surface area contributed by atoms with Crippen LogP contribution in [0.3, 0.4) is 0 Å². The van der Waals surface area contributed by atoms with Crippen molar-refractivity contribution in [3.05, 3.63) is 47.3 Å². The smallest absolute Gasteiger partial charge is 0.307 e. The van der Waals surface area contributed by atoms with E-state index in [4.69, 9.17) is 0 Å². The van der Waals surface area contributed by atoms with Crippen molar-refractivity contribution in [2.75, 3.05) is 0 Å². The molecule has 0 aliphatic carbocycles. The lowest BCUT2D eigenvalue weighted by molar-refractivity contribution is -0.137. The molecular formula is C12H10F3N3. The van der Waals surface area contributed by atoms with Crippen LogP contribution in [0.2, 0.25) is 0 Å². The first kappa shape index (κ1) is 11.3. The maximum absolute atomic E-state index is 12.9. The van der Waals surface area contributed by atoms with Crippen molar-refractivity contribution in [2.24, 2.45) is 0 Å². The highest BCUT2D eigenvalue weighted by molar-refractivity contribution is 5.43. The summed E-state index contributed by atoms with van der Waals surface area (Å²) in [4.78, 5) is 0. The van der Waals surface area contributed by atoms with E-state index in [1.807, 2.05) is 0 Å². The van der Waals surface area contributed by atoms with Gasteiger partial charge in [-0.25, -0.2) is 4.68 Å². The summed E-state index contributed by atoms with van der Waals surface area (Å²) in [6.07, 6.45) is -2.72. The Hall–Kier alpha value is -1.82. The van der Waals surface area contributed by atoms with Gasteiger partial charge in [0.1, 0.15) is 0 Å². The van der Waals surface area contributed by atoms with Gasteiger partial charge < -0.3 is 5.32 Å². The second kappa shape index (κ2) is 3.84. The largest absolute Gasteiger partial charge is 0.418 e. The lowest BCUT2D eigenvalue weighted by atomic mass is 10.1. The van der Waals surface area contributed by atoms with E-state index in [0.717, 1.165) is 17.3 Å². The van der Waals surface area contributed by atoms with Gasteiger partial charge in [-0.3, -0.25) is 0 Å². The van der Waals surface area contributed by atoms with Crippen LogP contribution in [0.25, 0.3) is 5.69 Å². The molecule has 0 saturated carbocycles. The van der Waals surface area contributed by atoms with Gasteiger partial charge in [0.2, 0.25) is 0 Å². The third-order valence-electron chi connectivity index (χ3n) is 2.94. The van der Waals surface area contributed by atoms with Crippen molar-refractivity contribution in [1.82, 2.24) is 15.1 Å². The summed E-state index contributed by atoms with van der Waals surface area (Å²) in [6.45, 7) is 1.26. The van der Waals surface area contributed by atoms with E-state index < -0.39 is 11.7 Å². The zero-order chi connectivity index (χ0) is 12.8. The molecule has 1 N–H and O–H groups in total. The van der Waals surface area contributed by atoms with E-state index in [9.17, 15) is 13.2 Å². The van der Waals surface area contributed by atoms with Crippen LogP contribution in [0.5, 0.6) is 0 Å². The first-order valence-electron chi connectivity index (χ1n) is 5.50. The van der Waals surface area contributed by atoms with Gasteiger partial charge in [-0.1, -0.05) is 12.1 Å². The highest BCUT2D eigenvalue weighted by Gasteiger charge is 2.34. The van der Waals surface area contributed by atoms with Crippen LogP contribution in [0.4, 0.5) is 13.2 Å². The van der Waals surface area contributed by atoms with Gasteiger partial charge in [-0.05, 0) is 12.1 Å². The number of nitrogens with one attached hydrogen (secondary N) is 1. The molecule has 1 aromatic carbocycles. The number of benzene rings is 1. The number of hydrogen-bond donors (Lipinski definition) is 1. The van der Waals surface area contributed by atoms with Gasteiger partial charge in [-0.2, -0.15) is 18.3 Å². The second-order valence-electron chi connectivity index (χ2n) is 4.16. The van der Waals surface area contributed by atoms with Gasteiger partial charge in [0.05, 0.1) is 16.9 Å². The number of rotatable bonds is 1. The van der Waals surface area contributed by atoms with Gasteiger partial charge in [0.15, 0.2) is 0 Å². The van der Waals surface area contributed by atoms with Crippen LogP contribution in [-0.4, -0.2) is 9.78 Å². The van der Waals surface area contributed by atoms with E-state index in [-0.39, 0.29) is 5.69 Å². The van der Waals surface area contributed by atoms with Crippen molar-refractivity contribution in [2.45, 2.75) is 19.3 Å². The minimum absolute atomic E-state index is 0.0689. The quantitative estimate of drug-likeness (QED) is 0.846. The maximum Gasteiger partial charge on any atom is 0.418 e. The Morgan fingerprint density at radius 2 is 1.94 bits per heavy atom. The molecule has 2 heterocycles. The van der Waals surface area contributed by atoms with Gasteiger partial charge in [0.25, 0.3) is 0 Å². The Morgan fingerprint density at radius 3 is 2.67 bits per heavy atom. The molecule has 0 unspecified atom stereocenters. The van der Waals surface area contributed by atoms with Crippen LogP contribution >= 0.6 is 0 Å². The van der Waals surface area contributed by atoms with Crippen LogP contribution in [0, 0.1) is 0 Å². The summed E-state index contributed by atoms with van der Waals surface area (Å²) in [5.41, 5.74) is 1.16. The number of nitrogens with zero attached hydrogens (tertiary/aromatic N) is 2. The fraction of sp³-hybridized carbons (Fsp3) is 0.250. The first-order valence-corrected chi connectivity index (χ1v) is 5.50. The second-order valence-corrected chi connectivity index (χ2v) is 4.16. The Morgan fingerprint density at radius 1 is 1.17 bits per heavy atom. The third-order valence-corrected chi connectivity index (χ3v) is 2.94. The topological polar surface area (TPSA) is 29.9 Å². The van der Waals surface area contributed by atoms with E-state index >= 15 is 0 Å². The van der Waals surface area contributed by atoms with Crippen LogP contribution in [0.15, 0.2) is 30.5 Å². The average Bonchev–Trinajstić information content (AvgIpc) is 2.87. The van der Waals surface area contributed by atoms with E-state index in [1.165, 1.54) is 16.8 Å². The van der Waals surface area contributed by atoms with E-state index in [2.05, 4.69) is 10.4 Å². The first-order chi connectivity index (χ1) is 8.55. The molecule has 0 radical (unpaired) electrons. The SMILES string of the molecule is FC(F)(F)c1ccccc1-n1cc2c(n1)CNC2. The molecule has 94 valence electrons. The Labute approximate surface area is 101 Å². The summed E-state index contributed by atoms with van der Waals surface area (Å²) in [6, 6.07) is 5.46. The van der Waals surface area contributed by atoms with E-state index in [0.29, 0.717) is 13.1 Å². The molecule has 0 amide bonds. The minimum atomic E-state index is -4.37. The summed E-state index contributed by atoms with van der Waals surface area (Å²) in [7, 11) is 0. The molecule has 0 bridgehead atoms. The number of halogens is 3. The zero-order valence-corrected chi connectivity index (χ0v) is 9.33. The molecule has 1 aliphatic rings. The highest BCUT2D eigenvalue weighted by atomic mass is 19.4. The lowest BCUT2D eigenvalue weighted by Crippen LogP contribution is -2.12. The molecule has 0 fully saturated rings. The fourth-order valence-corrected chi connectivity index (χ4v) is 2.09. The maximum atomic E-state index is 12.9. The van der Waals surface area contributed by atoms with Gasteiger partial charge in [-0.15, -0.1) is 0 Å².